The van der Waals surface area contributed by atoms with Crippen molar-refractivity contribution in [2.45, 2.75) is 25.9 Å². The lowest BCUT2D eigenvalue weighted by molar-refractivity contribution is 0.178. The van der Waals surface area contributed by atoms with E-state index in [1.165, 1.54) is 5.56 Å². The highest BCUT2D eigenvalue weighted by Crippen LogP contribution is 2.34. The van der Waals surface area contributed by atoms with Gasteiger partial charge in [-0.1, -0.05) is 0 Å². The molecule has 19 heavy (non-hydrogen) atoms. The van der Waals surface area contributed by atoms with Gasteiger partial charge in [0.1, 0.15) is 5.75 Å². The molecule has 1 fully saturated rings. The Labute approximate surface area is 131 Å². The lowest BCUT2D eigenvalue weighted by Gasteiger charge is -2.19. The van der Waals surface area contributed by atoms with Crippen molar-refractivity contribution >= 4 is 31.9 Å². The Hall–Kier alpha value is -0.100. The van der Waals surface area contributed by atoms with E-state index in [-0.39, 0.29) is 0 Å². The van der Waals surface area contributed by atoms with Crippen LogP contribution >= 0.6 is 31.9 Å². The normalized spacial score (nSPS) is 20.5. The third-order valence-electron chi connectivity index (χ3n) is 3.56. The van der Waals surface area contributed by atoms with Crippen LogP contribution in [0.5, 0.6) is 5.75 Å². The van der Waals surface area contributed by atoms with Gasteiger partial charge in [0.25, 0.3) is 0 Å². The zero-order valence-electron chi connectivity index (χ0n) is 11.2. The van der Waals surface area contributed by atoms with Crippen LogP contribution in [-0.2, 0) is 11.3 Å². The summed E-state index contributed by atoms with van der Waals surface area (Å²) in [6.07, 6.45) is 1.16. The summed E-state index contributed by atoms with van der Waals surface area (Å²) in [4.78, 5) is 0. The zero-order chi connectivity index (χ0) is 13.8. The van der Waals surface area contributed by atoms with Gasteiger partial charge in [0, 0.05) is 19.2 Å². The van der Waals surface area contributed by atoms with Gasteiger partial charge in [-0.25, -0.2) is 0 Å². The van der Waals surface area contributed by atoms with Gasteiger partial charge in [-0.3, -0.25) is 0 Å². The predicted molar refractivity (Wildman–Crippen MR) is 83.6 cm³/mol. The second-order valence-corrected chi connectivity index (χ2v) is 6.59. The number of rotatable bonds is 5. The molecule has 5 heteroatoms. The molecule has 2 atom stereocenters. The topological polar surface area (TPSA) is 30.5 Å². The summed E-state index contributed by atoms with van der Waals surface area (Å²) in [6.45, 7) is 4.85. The van der Waals surface area contributed by atoms with Gasteiger partial charge >= 0.3 is 0 Å². The van der Waals surface area contributed by atoms with Gasteiger partial charge in [0.15, 0.2) is 0 Å². The fourth-order valence-corrected chi connectivity index (χ4v) is 3.91. The second-order valence-electron chi connectivity index (χ2n) is 4.89. The van der Waals surface area contributed by atoms with Gasteiger partial charge in [-0.15, -0.1) is 0 Å². The summed E-state index contributed by atoms with van der Waals surface area (Å²) >= 11 is 7.06. The third kappa shape index (κ3) is 3.94. The smallest absolute Gasteiger partial charge is 0.147 e. The molecule has 1 heterocycles. The maximum atomic E-state index is 5.43. The minimum absolute atomic E-state index is 0.474. The van der Waals surface area contributed by atoms with Crippen LogP contribution in [-0.4, -0.2) is 26.4 Å². The molecule has 1 aliphatic heterocycles. The molecular formula is C14H19Br2NO2. The molecule has 1 aromatic carbocycles. The minimum atomic E-state index is 0.474. The largest absolute Gasteiger partial charge is 0.494 e. The number of ether oxygens (including phenoxy) is 2. The van der Waals surface area contributed by atoms with Gasteiger partial charge in [-0.2, -0.15) is 0 Å². The standard InChI is InChI=1S/C14H19Br2NO2/c1-9(11-3-4-19-8-11)17-7-10-5-12(15)14(18-2)13(16)6-10/h5-6,9,11,17H,3-4,7-8H2,1-2H3. The van der Waals surface area contributed by atoms with E-state index < -0.39 is 0 Å². The molecule has 3 nitrogen and oxygen atoms in total. The summed E-state index contributed by atoms with van der Waals surface area (Å²) in [5.41, 5.74) is 1.23. The number of hydrogen-bond acceptors (Lipinski definition) is 3. The predicted octanol–water partition coefficient (Wildman–Crippen LogP) is 3.73. The summed E-state index contributed by atoms with van der Waals surface area (Å²) in [7, 11) is 1.67. The van der Waals surface area contributed by atoms with Gasteiger partial charge in [0.05, 0.1) is 22.7 Å². The summed E-state index contributed by atoms with van der Waals surface area (Å²) in [5.74, 6) is 1.46. The maximum Gasteiger partial charge on any atom is 0.147 e. The number of halogens is 2. The zero-order valence-corrected chi connectivity index (χ0v) is 14.4. The molecule has 0 radical (unpaired) electrons. The van der Waals surface area contributed by atoms with Crippen molar-refractivity contribution in [1.29, 1.82) is 0 Å². The third-order valence-corrected chi connectivity index (χ3v) is 4.74. The molecule has 0 aromatic heterocycles. The second kappa shape index (κ2) is 7.07. The van der Waals surface area contributed by atoms with Gasteiger partial charge < -0.3 is 14.8 Å². The van der Waals surface area contributed by atoms with E-state index in [9.17, 15) is 0 Å². The first-order valence-corrected chi connectivity index (χ1v) is 8.03. The summed E-state index contributed by atoms with van der Waals surface area (Å²) < 4.78 is 12.7. The van der Waals surface area contributed by atoms with Crippen LogP contribution in [0.25, 0.3) is 0 Å². The van der Waals surface area contributed by atoms with E-state index in [4.69, 9.17) is 9.47 Å². The van der Waals surface area contributed by atoms with Gasteiger partial charge in [-0.05, 0) is 68.8 Å². The molecule has 0 bridgehead atoms. The average Bonchev–Trinajstić information content (AvgIpc) is 2.89. The molecule has 0 spiro atoms. The average molecular weight is 393 g/mol. The number of nitrogens with one attached hydrogen (secondary N) is 1. The molecule has 1 aromatic rings. The SMILES string of the molecule is COc1c(Br)cc(CNC(C)C2CCOC2)cc1Br. The Morgan fingerprint density at radius 3 is 2.63 bits per heavy atom. The van der Waals surface area contributed by atoms with Crippen LogP contribution < -0.4 is 10.1 Å². The van der Waals surface area contributed by atoms with E-state index in [1.54, 1.807) is 7.11 Å². The van der Waals surface area contributed by atoms with E-state index in [2.05, 4.69) is 56.2 Å². The Bertz CT molecular complexity index is 410. The molecule has 2 unspecified atom stereocenters. The van der Waals surface area contributed by atoms with E-state index in [0.717, 1.165) is 40.9 Å². The fraction of sp³-hybridized carbons (Fsp3) is 0.571. The highest BCUT2D eigenvalue weighted by Gasteiger charge is 2.21. The van der Waals surface area contributed by atoms with Crippen molar-refractivity contribution in [3.63, 3.8) is 0 Å². The first-order chi connectivity index (χ1) is 9.11. The number of methoxy groups -OCH3 is 1. The Morgan fingerprint density at radius 1 is 1.42 bits per heavy atom. The quantitative estimate of drug-likeness (QED) is 0.827. The monoisotopic (exact) mass is 391 g/mol. The Balaban J connectivity index is 1.95. The molecule has 0 saturated carbocycles. The van der Waals surface area contributed by atoms with Crippen LogP contribution in [0.3, 0.4) is 0 Å². The van der Waals surface area contributed by atoms with E-state index >= 15 is 0 Å². The highest BCUT2D eigenvalue weighted by molar-refractivity contribution is 9.11. The number of hydrogen-bond donors (Lipinski definition) is 1. The molecule has 106 valence electrons. The van der Waals surface area contributed by atoms with Crippen molar-refractivity contribution < 1.29 is 9.47 Å². The van der Waals surface area contributed by atoms with Crippen molar-refractivity contribution in [3.8, 4) is 5.75 Å². The van der Waals surface area contributed by atoms with E-state index in [0.29, 0.717) is 12.0 Å². The lowest BCUT2D eigenvalue weighted by Crippen LogP contribution is -2.33. The molecular weight excluding hydrogens is 374 g/mol. The minimum Gasteiger partial charge on any atom is -0.494 e. The van der Waals surface area contributed by atoms with Crippen molar-refractivity contribution in [2.24, 2.45) is 5.92 Å². The molecule has 0 amide bonds. The molecule has 1 N–H and O–H groups in total. The Kier molecular flexibility index (Phi) is 5.69. The highest BCUT2D eigenvalue weighted by atomic mass is 79.9. The van der Waals surface area contributed by atoms with Crippen molar-refractivity contribution in [3.05, 3.63) is 26.6 Å². The van der Waals surface area contributed by atoms with Crippen LogP contribution in [0.2, 0.25) is 0 Å². The van der Waals surface area contributed by atoms with Crippen molar-refractivity contribution in [2.75, 3.05) is 20.3 Å². The van der Waals surface area contributed by atoms with Crippen LogP contribution in [0.4, 0.5) is 0 Å². The first kappa shape index (κ1) is 15.3. The Morgan fingerprint density at radius 2 is 2.11 bits per heavy atom. The lowest BCUT2D eigenvalue weighted by atomic mass is 10.0. The van der Waals surface area contributed by atoms with Crippen LogP contribution in [0, 0.1) is 5.92 Å². The van der Waals surface area contributed by atoms with Crippen LogP contribution in [0.1, 0.15) is 18.9 Å². The summed E-state index contributed by atoms with van der Waals surface area (Å²) in [5, 5.41) is 3.57. The molecule has 1 aliphatic rings. The summed E-state index contributed by atoms with van der Waals surface area (Å²) in [6, 6.07) is 4.66. The molecule has 1 saturated heterocycles. The van der Waals surface area contributed by atoms with E-state index in [1.807, 2.05) is 0 Å². The maximum absolute atomic E-state index is 5.43. The molecule has 2 rings (SSSR count). The van der Waals surface area contributed by atoms with Crippen LogP contribution in [0.15, 0.2) is 21.1 Å². The molecule has 0 aliphatic carbocycles. The van der Waals surface area contributed by atoms with Crippen molar-refractivity contribution in [1.82, 2.24) is 5.32 Å². The first-order valence-electron chi connectivity index (χ1n) is 6.45. The number of benzene rings is 1. The fourth-order valence-electron chi connectivity index (χ4n) is 2.30. The van der Waals surface area contributed by atoms with Gasteiger partial charge in [0.2, 0.25) is 0 Å².